The lowest BCUT2D eigenvalue weighted by molar-refractivity contribution is -0.118. The molecule has 0 unspecified atom stereocenters. The molecule has 0 spiro atoms. The van der Waals surface area contributed by atoms with Crippen molar-refractivity contribution in [3.8, 4) is 10.4 Å². The summed E-state index contributed by atoms with van der Waals surface area (Å²) in [6.45, 7) is 0.0773. The zero-order valence-corrected chi connectivity index (χ0v) is 13.7. The van der Waals surface area contributed by atoms with Gasteiger partial charge in [-0.1, -0.05) is 36.4 Å². The Hall–Kier alpha value is -2.70. The molecule has 3 aromatic rings. The summed E-state index contributed by atoms with van der Waals surface area (Å²) in [5, 5.41) is 15.7. The minimum atomic E-state index is -0.529. The van der Waals surface area contributed by atoms with Gasteiger partial charge in [-0.05, 0) is 23.8 Å². The molecule has 0 saturated carbocycles. The first-order valence-electron chi connectivity index (χ1n) is 7.49. The zero-order chi connectivity index (χ0) is 16.8. The number of rotatable bonds is 6. The van der Waals surface area contributed by atoms with Gasteiger partial charge in [0.2, 0.25) is 5.91 Å². The van der Waals surface area contributed by atoms with Gasteiger partial charge in [-0.25, -0.2) is 4.98 Å². The van der Waals surface area contributed by atoms with E-state index in [2.05, 4.69) is 27.8 Å². The molecule has 0 atom stereocenters. The smallest absolute Gasteiger partial charge is 0.250 e. The van der Waals surface area contributed by atoms with Crippen LogP contribution in [0.4, 0.5) is 11.4 Å². The second kappa shape index (κ2) is 7.72. The Morgan fingerprint density at radius 3 is 2.67 bits per heavy atom. The maximum atomic E-state index is 11.2. The third kappa shape index (κ3) is 4.18. The van der Waals surface area contributed by atoms with E-state index < -0.39 is 12.5 Å². The van der Waals surface area contributed by atoms with Gasteiger partial charge in [0.1, 0.15) is 11.6 Å². The first kappa shape index (κ1) is 16.2. The van der Waals surface area contributed by atoms with E-state index in [1.54, 1.807) is 17.4 Å². The van der Waals surface area contributed by atoms with Crippen molar-refractivity contribution in [3.05, 3.63) is 65.8 Å². The SMILES string of the molecule is O=C(CO)Nc1cccc(NCc2ncc(-c3ccccc3)s2)c1. The molecular formula is C18H17N3O2S. The zero-order valence-electron chi connectivity index (χ0n) is 12.9. The molecule has 0 bridgehead atoms. The van der Waals surface area contributed by atoms with Gasteiger partial charge in [0.25, 0.3) is 0 Å². The quantitative estimate of drug-likeness (QED) is 0.644. The number of aliphatic hydroxyl groups is 1. The number of aromatic nitrogens is 1. The van der Waals surface area contributed by atoms with Crippen LogP contribution in [-0.4, -0.2) is 22.6 Å². The summed E-state index contributed by atoms with van der Waals surface area (Å²) >= 11 is 1.65. The Bertz CT molecular complexity index is 818. The van der Waals surface area contributed by atoms with Crippen molar-refractivity contribution >= 4 is 28.6 Å². The number of amides is 1. The molecule has 5 nitrogen and oxygen atoms in total. The molecule has 24 heavy (non-hydrogen) atoms. The van der Waals surface area contributed by atoms with E-state index in [0.29, 0.717) is 12.2 Å². The van der Waals surface area contributed by atoms with Gasteiger partial charge in [0.05, 0.1) is 11.4 Å². The first-order chi connectivity index (χ1) is 11.7. The van der Waals surface area contributed by atoms with E-state index in [1.165, 1.54) is 0 Å². The molecule has 1 amide bonds. The number of hydrogen-bond acceptors (Lipinski definition) is 5. The first-order valence-corrected chi connectivity index (χ1v) is 8.31. The predicted molar refractivity (Wildman–Crippen MR) is 97.0 cm³/mol. The average molecular weight is 339 g/mol. The van der Waals surface area contributed by atoms with Crippen LogP contribution in [0.1, 0.15) is 5.01 Å². The fourth-order valence-electron chi connectivity index (χ4n) is 2.21. The molecule has 122 valence electrons. The fraction of sp³-hybridized carbons (Fsp3) is 0.111. The number of nitrogens with zero attached hydrogens (tertiary/aromatic N) is 1. The molecule has 0 fully saturated rings. The molecular weight excluding hydrogens is 322 g/mol. The summed E-state index contributed by atoms with van der Waals surface area (Å²) in [6, 6.07) is 17.5. The lowest BCUT2D eigenvalue weighted by Gasteiger charge is -2.07. The van der Waals surface area contributed by atoms with Gasteiger partial charge in [-0.15, -0.1) is 11.3 Å². The summed E-state index contributed by atoms with van der Waals surface area (Å²) in [4.78, 5) is 16.8. The normalized spacial score (nSPS) is 10.4. The fourth-order valence-corrected chi connectivity index (χ4v) is 3.08. The van der Waals surface area contributed by atoms with Crippen molar-refractivity contribution in [2.24, 2.45) is 0 Å². The molecule has 3 rings (SSSR count). The van der Waals surface area contributed by atoms with Gasteiger partial charge in [0, 0.05) is 17.6 Å². The summed E-state index contributed by atoms with van der Waals surface area (Å²) in [5.41, 5.74) is 2.68. The maximum Gasteiger partial charge on any atom is 0.250 e. The monoisotopic (exact) mass is 339 g/mol. The van der Waals surface area contributed by atoms with E-state index in [1.807, 2.05) is 42.6 Å². The topological polar surface area (TPSA) is 74.2 Å². The second-order valence-corrected chi connectivity index (χ2v) is 6.24. The van der Waals surface area contributed by atoms with Crippen LogP contribution in [0.2, 0.25) is 0 Å². The van der Waals surface area contributed by atoms with E-state index in [9.17, 15) is 4.79 Å². The van der Waals surface area contributed by atoms with Gasteiger partial charge >= 0.3 is 0 Å². The predicted octanol–water partition coefficient (Wildman–Crippen LogP) is 3.35. The van der Waals surface area contributed by atoms with Crippen molar-refractivity contribution in [1.82, 2.24) is 4.98 Å². The summed E-state index contributed by atoms with van der Waals surface area (Å²) < 4.78 is 0. The van der Waals surface area contributed by atoms with Crippen molar-refractivity contribution < 1.29 is 9.90 Å². The van der Waals surface area contributed by atoms with Crippen LogP contribution in [-0.2, 0) is 11.3 Å². The van der Waals surface area contributed by atoms with Gasteiger partial charge < -0.3 is 15.7 Å². The molecule has 0 radical (unpaired) electrons. The molecule has 1 heterocycles. The van der Waals surface area contributed by atoms with Crippen molar-refractivity contribution in [2.75, 3.05) is 17.2 Å². The lowest BCUT2D eigenvalue weighted by Crippen LogP contribution is -2.15. The van der Waals surface area contributed by atoms with Crippen LogP contribution in [0.3, 0.4) is 0 Å². The van der Waals surface area contributed by atoms with Crippen LogP contribution in [0.25, 0.3) is 10.4 Å². The minimum absolute atomic E-state index is 0.431. The second-order valence-electron chi connectivity index (χ2n) is 5.12. The Morgan fingerprint density at radius 1 is 1.08 bits per heavy atom. The highest BCUT2D eigenvalue weighted by atomic mass is 32.1. The minimum Gasteiger partial charge on any atom is -0.387 e. The molecule has 1 aromatic heterocycles. The Morgan fingerprint density at radius 2 is 1.88 bits per heavy atom. The highest BCUT2D eigenvalue weighted by molar-refractivity contribution is 7.15. The lowest BCUT2D eigenvalue weighted by atomic mass is 10.2. The number of nitrogens with one attached hydrogen (secondary N) is 2. The number of hydrogen-bond donors (Lipinski definition) is 3. The Labute approximate surface area is 144 Å². The number of benzene rings is 2. The van der Waals surface area contributed by atoms with Gasteiger partial charge in [-0.2, -0.15) is 0 Å². The number of aliphatic hydroxyl groups excluding tert-OH is 1. The molecule has 2 aromatic carbocycles. The van der Waals surface area contributed by atoms with E-state index in [-0.39, 0.29) is 0 Å². The highest BCUT2D eigenvalue weighted by Crippen LogP contribution is 2.26. The van der Waals surface area contributed by atoms with E-state index >= 15 is 0 Å². The van der Waals surface area contributed by atoms with Crippen LogP contribution < -0.4 is 10.6 Å². The van der Waals surface area contributed by atoms with Crippen molar-refractivity contribution in [3.63, 3.8) is 0 Å². The summed E-state index contributed by atoms with van der Waals surface area (Å²) in [5.74, 6) is -0.431. The molecule has 0 saturated heterocycles. The average Bonchev–Trinajstić information content (AvgIpc) is 3.10. The highest BCUT2D eigenvalue weighted by Gasteiger charge is 2.05. The number of anilines is 2. The van der Waals surface area contributed by atoms with Crippen molar-refractivity contribution in [1.29, 1.82) is 0 Å². The van der Waals surface area contributed by atoms with Crippen LogP contribution >= 0.6 is 11.3 Å². The third-order valence-corrected chi connectivity index (χ3v) is 4.39. The number of carbonyl (C=O) groups is 1. The molecule has 3 N–H and O–H groups in total. The molecule has 6 heteroatoms. The number of thiazole rings is 1. The van der Waals surface area contributed by atoms with Crippen molar-refractivity contribution in [2.45, 2.75) is 6.54 Å². The molecule has 0 aliphatic heterocycles. The van der Waals surface area contributed by atoms with Crippen LogP contribution in [0.5, 0.6) is 0 Å². The van der Waals surface area contributed by atoms with Crippen LogP contribution in [0.15, 0.2) is 60.8 Å². The molecule has 0 aliphatic rings. The largest absolute Gasteiger partial charge is 0.387 e. The third-order valence-electron chi connectivity index (χ3n) is 3.35. The van der Waals surface area contributed by atoms with E-state index in [0.717, 1.165) is 21.1 Å². The molecule has 0 aliphatic carbocycles. The summed E-state index contributed by atoms with van der Waals surface area (Å²) in [6.07, 6.45) is 1.88. The Kier molecular flexibility index (Phi) is 5.20. The maximum absolute atomic E-state index is 11.2. The van der Waals surface area contributed by atoms with Gasteiger partial charge in [0.15, 0.2) is 0 Å². The van der Waals surface area contributed by atoms with Gasteiger partial charge in [-0.3, -0.25) is 4.79 Å². The Balaban J connectivity index is 1.63. The summed E-state index contributed by atoms with van der Waals surface area (Å²) in [7, 11) is 0. The number of carbonyl (C=O) groups excluding carboxylic acids is 1. The van der Waals surface area contributed by atoms with E-state index in [4.69, 9.17) is 5.11 Å². The standard InChI is InChI=1S/C18H17N3O2S/c22-12-17(23)21-15-8-4-7-14(9-15)19-11-18-20-10-16(24-18)13-5-2-1-3-6-13/h1-10,19,22H,11-12H2,(H,21,23). The van der Waals surface area contributed by atoms with Crippen LogP contribution in [0, 0.1) is 0 Å².